The van der Waals surface area contributed by atoms with E-state index in [1.54, 1.807) is 11.8 Å². The van der Waals surface area contributed by atoms with E-state index < -0.39 is 0 Å². The number of nitrogens with zero attached hydrogens (tertiary/aromatic N) is 1. The van der Waals surface area contributed by atoms with Gasteiger partial charge < -0.3 is 25.0 Å². The molecule has 1 spiro atoms. The topological polar surface area (TPSA) is 91.9 Å². The number of hydrogen-bond donors (Lipinski definition) is 3. The first kappa shape index (κ1) is 22.9. The van der Waals surface area contributed by atoms with Crippen LogP contribution >= 0.6 is 11.8 Å². The molecule has 0 radical (unpaired) electrons. The molecule has 9 heteroatoms. The van der Waals surface area contributed by atoms with Crippen molar-refractivity contribution in [1.82, 2.24) is 15.5 Å². The number of hydrogen-bond acceptors (Lipinski definition) is 6. The monoisotopic (exact) mass is 482 g/mol. The summed E-state index contributed by atoms with van der Waals surface area (Å²) in [5.74, 6) is 2.17. The molecular weight excluding hydrogens is 452 g/mol. The zero-order valence-electron chi connectivity index (χ0n) is 19.5. The number of urea groups is 1. The van der Waals surface area contributed by atoms with Gasteiger partial charge in [-0.25, -0.2) is 4.79 Å². The van der Waals surface area contributed by atoms with Gasteiger partial charge in [0, 0.05) is 31.1 Å². The molecule has 5 rings (SSSR count). The summed E-state index contributed by atoms with van der Waals surface area (Å²) in [7, 11) is 0. The molecule has 0 aromatic heterocycles. The van der Waals surface area contributed by atoms with E-state index in [4.69, 9.17) is 9.47 Å². The minimum Gasteiger partial charge on any atom is -0.454 e. The smallest absolute Gasteiger partial charge is 0.321 e. The molecule has 0 saturated carbocycles. The molecular formula is C25H30N4O4S. The SMILES string of the molecule is Cc1ccc(NC(=O)N2CCC3(CC2)NC(C(=O)NCc2ccc4c(c2)OCO4)CS3)c(C)c1. The Morgan fingerprint density at radius 1 is 1.12 bits per heavy atom. The number of carbonyl (C=O) groups excluding carboxylic acids is 2. The number of rotatable bonds is 4. The fraction of sp³-hybridized carbons (Fsp3) is 0.440. The van der Waals surface area contributed by atoms with Crippen molar-refractivity contribution >= 4 is 29.4 Å². The second-order valence-corrected chi connectivity index (χ2v) is 10.5. The van der Waals surface area contributed by atoms with Crippen LogP contribution in [0.15, 0.2) is 36.4 Å². The summed E-state index contributed by atoms with van der Waals surface area (Å²) >= 11 is 1.79. The highest BCUT2D eigenvalue weighted by molar-refractivity contribution is 8.01. The number of carbonyl (C=O) groups is 2. The summed E-state index contributed by atoms with van der Waals surface area (Å²) in [6, 6.07) is 11.4. The number of amides is 3. The molecule has 180 valence electrons. The number of ether oxygens (including phenoxy) is 2. The van der Waals surface area contributed by atoms with E-state index in [0.29, 0.717) is 25.4 Å². The molecule has 1 unspecified atom stereocenters. The molecule has 3 aliphatic heterocycles. The molecule has 2 fully saturated rings. The Balaban J connectivity index is 1.10. The average molecular weight is 483 g/mol. The summed E-state index contributed by atoms with van der Waals surface area (Å²) in [5.41, 5.74) is 4.06. The van der Waals surface area contributed by atoms with E-state index in [9.17, 15) is 9.59 Å². The lowest BCUT2D eigenvalue weighted by Gasteiger charge is -2.39. The maximum absolute atomic E-state index is 12.8. The van der Waals surface area contributed by atoms with Crippen molar-refractivity contribution < 1.29 is 19.1 Å². The molecule has 2 aromatic carbocycles. The predicted molar refractivity (Wildman–Crippen MR) is 132 cm³/mol. The van der Waals surface area contributed by atoms with Crippen molar-refractivity contribution in [2.24, 2.45) is 0 Å². The number of piperidine rings is 1. The van der Waals surface area contributed by atoms with Crippen molar-refractivity contribution in [3.8, 4) is 11.5 Å². The van der Waals surface area contributed by atoms with Gasteiger partial charge in [-0.2, -0.15) is 0 Å². The van der Waals surface area contributed by atoms with Gasteiger partial charge in [0.2, 0.25) is 12.7 Å². The Hall–Kier alpha value is -2.91. The minimum absolute atomic E-state index is 0.00272. The summed E-state index contributed by atoms with van der Waals surface area (Å²) in [6.45, 7) is 6.04. The van der Waals surface area contributed by atoms with E-state index >= 15 is 0 Å². The summed E-state index contributed by atoms with van der Waals surface area (Å²) in [4.78, 5) is 27.3. The summed E-state index contributed by atoms with van der Waals surface area (Å²) in [5, 5.41) is 9.63. The van der Waals surface area contributed by atoms with Gasteiger partial charge in [-0.1, -0.05) is 23.8 Å². The first-order valence-corrected chi connectivity index (χ1v) is 12.6. The quantitative estimate of drug-likeness (QED) is 0.619. The zero-order valence-corrected chi connectivity index (χ0v) is 20.3. The standard InChI is InChI=1S/C25H30N4O4S/c1-16-3-5-19(17(2)11-16)27-24(31)29-9-7-25(8-10-29)28-20(14-34-25)23(30)26-13-18-4-6-21-22(12-18)33-15-32-21/h3-6,11-12,20,28H,7-10,13-15H2,1-2H3,(H,26,30)(H,27,31). The van der Waals surface area contributed by atoms with E-state index in [-0.39, 0.29) is 29.6 Å². The average Bonchev–Trinajstić information content (AvgIpc) is 3.47. The fourth-order valence-electron chi connectivity index (χ4n) is 4.66. The van der Waals surface area contributed by atoms with Gasteiger partial charge in [-0.15, -0.1) is 11.8 Å². The lowest BCUT2D eigenvalue weighted by atomic mass is 10.0. The van der Waals surface area contributed by atoms with Gasteiger partial charge >= 0.3 is 6.03 Å². The Bertz CT molecular complexity index is 1100. The van der Waals surface area contributed by atoms with Crippen LogP contribution in [-0.2, 0) is 11.3 Å². The van der Waals surface area contributed by atoms with Gasteiger partial charge in [-0.3, -0.25) is 10.1 Å². The Labute approximate surface area is 203 Å². The van der Waals surface area contributed by atoms with Crippen molar-refractivity contribution in [2.75, 3.05) is 31.0 Å². The van der Waals surface area contributed by atoms with Gasteiger partial charge in [-0.05, 0) is 56.0 Å². The van der Waals surface area contributed by atoms with Crippen LogP contribution in [0.5, 0.6) is 11.5 Å². The fourth-order valence-corrected chi connectivity index (χ4v) is 6.07. The third-order valence-corrected chi connectivity index (χ3v) is 8.24. The van der Waals surface area contributed by atoms with Gasteiger partial charge in [0.15, 0.2) is 11.5 Å². The highest BCUT2D eigenvalue weighted by Gasteiger charge is 2.44. The van der Waals surface area contributed by atoms with Crippen molar-refractivity contribution in [3.05, 3.63) is 53.1 Å². The number of nitrogens with one attached hydrogen (secondary N) is 3. The second-order valence-electron chi connectivity index (χ2n) is 9.14. The highest BCUT2D eigenvalue weighted by Crippen LogP contribution is 2.39. The third-order valence-electron chi connectivity index (χ3n) is 6.67. The van der Waals surface area contributed by atoms with E-state index in [1.807, 2.05) is 49.1 Å². The number of likely N-dealkylation sites (tertiary alicyclic amines) is 1. The molecule has 8 nitrogen and oxygen atoms in total. The van der Waals surface area contributed by atoms with Crippen molar-refractivity contribution in [3.63, 3.8) is 0 Å². The first-order chi connectivity index (χ1) is 16.4. The number of fused-ring (bicyclic) bond motifs is 1. The van der Waals surface area contributed by atoms with Crippen molar-refractivity contribution in [2.45, 2.75) is 44.1 Å². The lowest BCUT2D eigenvalue weighted by Crippen LogP contribution is -2.54. The molecule has 3 heterocycles. The van der Waals surface area contributed by atoms with Crippen LogP contribution in [0.2, 0.25) is 0 Å². The number of aryl methyl sites for hydroxylation is 2. The molecule has 3 amide bonds. The van der Waals surface area contributed by atoms with Crippen LogP contribution in [0.25, 0.3) is 0 Å². The van der Waals surface area contributed by atoms with E-state index in [2.05, 4.69) is 22.0 Å². The molecule has 34 heavy (non-hydrogen) atoms. The molecule has 2 aromatic rings. The number of thioether (sulfide) groups is 1. The van der Waals surface area contributed by atoms with Crippen LogP contribution in [0, 0.1) is 13.8 Å². The molecule has 1 atom stereocenters. The van der Waals surface area contributed by atoms with Gasteiger partial charge in [0.25, 0.3) is 0 Å². The van der Waals surface area contributed by atoms with Crippen LogP contribution in [-0.4, -0.2) is 53.4 Å². The molecule has 0 aliphatic carbocycles. The summed E-state index contributed by atoms with van der Waals surface area (Å²) in [6.07, 6.45) is 1.62. The third kappa shape index (κ3) is 4.81. The second kappa shape index (κ2) is 9.38. The largest absolute Gasteiger partial charge is 0.454 e. The summed E-state index contributed by atoms with van der Waals surface area (Å²) < 4.78 is 10.7. The van der Waals surface area contributed by atoms with Gasteiger partial charge in [0.1, 0.15) is 0 Å². The van der Waals surface area contributed by atoms with Crippen LogP contribution in [0.3, 0.4) is 0 Å². The van der Waals surface area contributed by atoms with Crippen LogP contribution in [0.4, 0.5) is 10.5 Å². The highest BCUT2D eigenvalue weighted by atomic mass is 32.2. The van der Waals surface area contributed by atoms with Crippen LogP contribution in [0.1, 0.15) is 29.5 Å². The maximum atomic E-state index is 12.8. The van der Waals surface area contributed by atoms with Crippen LogP contribution < -0.4 is 25.4 Å². The maximum Gasteiger partial charge on any atom is 0.321 e. The molecule has 3 N–H and O–H groups in total. The Kier molecular flexibility index (Phi) is 6.31. The Morgan fingerprint density at radius 2 is 1.91 bits per heavy atom. The zero-order chi connectivity index (χ0) is 23.7. The normalized spacial score (nSPS) is 20.4. The molecule has 3 aliphatic rings. The molecule has 0 bridgehead atoms. The molecule has 2 saturated heterocycles. The van der Waals surface area contributed by atoms with E-state index in [1.165, 1.54) is 5.56 Å². The van der Waals surface area contributed by atoms with Crippen molar-refractivity contribution in [1.29, 1.82) is 0 Å². The predicted octanol–water partition coefficient (Wildman–Crippen LogP) is 3.38. The lowest BCUT2D eigenvalue weighted by molar-refractivity contribution is -0.122. The van der Waals surface area contributed by atoms with E-state index in [0.717, 1.165) is 41.2 Å². The first-order valence-electron chi connectivity index (χ1n) is 11.6. The Morgan fingerprint density at radius 3 is 2.71 bits per heavy atom. The number of anilines is 1. The van der Waals surface area contributed by atoms with Gasteiger partial charge in [0.05, 0.1) is 10.9 Å². The number of benzene rings is 2. The minimum atomic E-state index is -0.241.